The quantitative estimate of drug-likeness (QED) is 0.366. The first-order valence-corrected chi connectivity index (χ1v) is 3.84. The van der Waals surface area contributed by atoms with E-state index in [1.165, 1.54) is 0 Å². The van der Waals surface area contributed by atoms with Crippen molar-refractivity contribution in [2.45, 2.75) is 6.42 Å². The Hall–Kier alpha value is -0.690. The zero-order chi connectivity index (χ0) is 7.11. The van der Waals surface area contributed by atoms with Crippen molar-refractivity contribution in [1.29, 1.82) is 5.26 Å². The van der Waals surface area contributed by atoms with Crippen LogP contribution >= 0.6 is 11.8 Å². The highest BCUT2D eigenvalue weighted by atomic mass is 32.2. The molecule has 0 aromatic heterocycles. The molecule has 0 atom stereocenters. The van der Waals surface area contributed by atoms with Crippen LogP contribution in [0.15, 0.2) is 5.16 Å². The highest BCUT2D eigenvalue weighted by Crippen LogP contribution is 1.96. The summed E-state index contributed by atoms with van der Waals surface area (Å²) >= 11 is 1.62. The first kappa shape index (κ1) is 8.31. The average Bonchev–Trinajstić information content (AvgIpc) is 1.91. The molecule has 0 aromatic rings. The SMILES string of the molecule is CSCC/C(C#N)=N/O. The lowest BCUT2D eigenvalue weighted by molar-refractivity contribution is 0.319. The van der Waals surface area contributed by atoms with Gasteiger partial charge in [0.15, 0.2) is 5.71 Å². The number of rotatable bonds is 3. The molecule has 0 fully saturated rings. The van der Waals surface area contributed by atoms with Crippen LogP contribution in [-0.4, -0.2) is 22.9 Å². The summed E-state index contributed by atoms with van der Waals surface area (Å²) in [4.78, 5) is 0. The molecule has 3 nitrogen and oxygen atoms in total. The van der Waals surface area contributed by atoms with Crippen LogP contribution in [0, 0.1) is 11.3 Å². The normalized spacial score (nSPS) is 10.9. The summed E-state index contributed by atoms with van der Waals surface area (Å²) in [5.74, 6) is 0.826. The van der Waals surface area contributed by atoms with Gasteiger partial charge in [0.25, 0.3) is 0 Å². The highest BCUT2D eigenvalue weighted by molar-refractivity contribution is 7.98. The fourth-order valence-electron chi connectivity index (χ4n) is 0.327. The fourth-order valence-corrected chi connectivity index (χ4v) is 0.724. The van der Waals surface area contributed by atoms with Crippen LogP contribution in [0.1, 0.15) is 6.42 Å². The molecule has 0 heterocycles. The van der Waals surface area contributed by atoms with Crippen LogP contribution in [0.5, 0.6) is 0 Å². The molecule has 0 bridgehead atoms. The Kier molecular flexibility index (Phi) is 5.03. The minimum Gasteiger partial charge on any atom is -0.410 e. The van der Waals surface area contributed by atoms with E-state index in [2.05, 4.69) is 5.16 Å². The Labute approximate surface area is 58.4 Å². The molecule has 0 unspecified atom stereocenters. The maximum atomic E-state index is 8.20. The van der Waals surface area contributed by atoms with E-state index in [1.54, 1.807) is 17.8 Å². The topological polar surface area (TPSA) is 56.4 Å². The fraction of sp³-hybridized carbons (Fsp3) is 0.600. The first-order valence-electron chi connectivity index (χ1n) is 2.45. The Bertz CT molecular complexity index is 138. The first-order chi connectivity index (χ1) is 4.35. The van der Waals surface area contributed by atoms with E-state index in [1.807, 2.05) is 6.26 Å². The summed E-state index contributed by atoms with van der Waals surface area (Å²) in [5, 5.41) is 19.1. The smallest absolute Gasteiger partial charge is 0.157 e. The summed E-state index contributed by atoms with van der Waals surface area (Å²) in [6.45, 7) is 0. The monoisotopic (exact) mass is 144 g/mol. The van der Waals surface area contributed by atoms with Crippen molar-refractivity contribution in [3.8, 4) is 6.07 Å². The van der Waals surface area contributed by atoms with E-state index in [9.17, 15) is 0 Å². The van der Waals surface area contributed by atoms with Gasteiger partial charge in [0.1, 0.15) is 6.07 Å². The molecule has 0 saturated carbocycles. The molecule has 0 spiro atoms. The molecule has 1 N–H and O–H groups in total. The second-order valence-corrected chi connectivity index (χ2v) is 2.39. The molecule has 0 radical (unpaired) electrons. The van der Waals surface area contributed by atoms with Gasteiger partial charge in [0, 0.05) is 6.42 Å². The van der Waals surface area contributed by atoms with Crippen molar-refractivity contribution >= 4 is 17.5 Å². The largest absolute Gasteiger partial charge is 0.410 e. The molecule has 0 aliphatic carbocycles. The summed E-state index contributed by atoms with van der Waals surface area (Å²) in [5.41, 5.74) is 0.198. The maximum Gasteiger partial charge on any atom is 0.157 e. The molecule has 0 saturated heterocycles. The standard InChI is InChI=1S/C5H8N2OS/c1-9-3-2-5(4-6)7-8/h8H,2-3H2,1H3/b7-5-. The van der Waals surface area contributed by atoms with Crippen molar-refractivity contribution in [3.63, 3.8) is 0 Å². The van der Waals surface area contributed by atoms with Gasteiger partial charge >= 0.3 is 0 Å². The van der Waals surface area contributed by atoms with Crippen molar-refractivity contribution in [3.05, 3.63) is 0 Å². The van der Waals surface area contributed by atoms with Gasteiger partial charge in [0.2, 0.25) is 0 Å². The third-order valence-electron chi connectivity index (χ3n) is 0.793. The molecule has 50 valence electrons. The summed E-state index contributed by atoms with van der Waals surface area (Å²) < 4.78 is 0. The predicted molar refractivity (Wildman–Crippen MR) is 37.8 cm³/mol. The number of oxime groups is 1. The Morgan fingerprint density at radius 3 is 2.89 bits per heavy atom. The van der Waals surface area contributed by atoms with Gasteiger partial charge in [0.05, 0.1) is 0 Å². The van der Waals surface area contributed by atoms with Gasteiger partial charge in [-0.25, -0.2) is 0 Å². The van der Waals surface area contributed by atoms with Gasteiger partial charge in [-0.3, -0.25) is 0 Å². The molecule has 0 rings (SSSR count). The summed E-state index contributed by atoms with van der Waals surface area (Å²) in [6, 6.07) is 1.77. The van der Waals surface area contributed by atoms with Crippen LogP contribution in [0.4, 0.5) is 0 Å². The summed E-state index contributed by atoms with van der Waals surface area (Å²) in [7, 11) is 0. The number of hydrogen-bond donors (Lipinski definition) is 1. The van der Waals surface area contributed by atoms with Gasteiger partial charge in [-0.2, -0.15) is 17.0 Å². The molecule has 0 aliphatic rings. The zero-order valence-electron chi connectivity index (χ0n) is 5.16. The van der Waals surface area contributed by atoms with Crippen LogP contribution < -0.4 is 0 Å². The van der Waals surface area contributed by atoms with E-state index in [-0.39, 0.29) is 5.71 Å². The molecular weight excluding hydrogens is 136 g/mol. The Balaban J connectivity index is 3.49. The van der Waals surface area contributed by atoms with Crippen molar-refractivity contribution in [1.82, 2.24) is 0 Å². The van der Waals surface area contributed by atoms with E-state index in [0.29, 0.717) is 6.42 Å². The Morgan fingerprint density at radius 1 is 1.89 bits per heavy atom. The number of thioether (sulfide) groups is 1. The van der Waals surface area contributed by atoms with E-state index in [0.717, 1.165) is 5.75 Å². The molecular formula is C5H8N2OS. The van der Waals surface area contributed by atoms with Crippen molar-refractivity contribution in [2.75, 3.05) is 12.0 Å². The second-order valence-electron chi connectivity index (χ2n) is 1.40. The lowest BCUT2D eigenvalue weighted by Crippen LogP contribution is -1.94. The van der Waals surface area contributed by atoms with Crippen molar-refractivity contribution < 1.29 is 5.21 Å². The van der Waals surface area contributed by atoms with Gasteiger partial charge in [-0.1, -0.05) is 5.16 Å². The minimum atomic E-state index is 0.198. The highest BCUT2D eigenvalue weighted by Gasteiger charge is 1.94. The number of nitrogens with zero attached hydrogens (tertiary/aromatic N) is 2. The maximum absolute atomic E-state index is 8.20. The van der Waals surface area contributed by atoms with Gasteiger partial charge in [-0.15, -0.1) is 0 Å². The Morgan fingerprint density at radius 2 is 2.56 bits per heavy atom. The average molecular weight is 144 g/mol. The zero-order valence-corrected chi connectivity index (χ0v) is 5.98. The second kappa shape index (κ2) is 5.45. The van der Waals surface area contributed by atoms with E-state index < -0.39 is 0 Å². The van der Waals surface area contributed by atoms with Crippen LogP contribution in [0.25, 0.3) is 0 Å². The number of nitriles is 1. The van der Waals surface area contributed by atoms with Crippen molar-refractivity contribution in [2.24, 2.45) is 5.16 Å². The lowest BCUT2D eigenvalue weighted by Gasteiger charge is -1.89. The summed E-state index contributed by atoms with van der Waals surface area (Å²) in [6.07, 6.45) is 2.49. The van der Waals surface area contributed by atoms with E-state index in [4.69, 9.17) is 10.5 Å². The number of hydrogen-bond acceptors (Lipinski definition) is 4. The third-order valence-corrected chi connectivity index (χ3v) is 1.41. The van der Waals surface area contributed by atoms with Gasteiger partial charge in [-0.05, 0) is 12.0 Å². The molecule has 0 aliphatic heterocycles. The molecule has 4 heteroatoms. The van der Waals surface area contributed by atoms with Gasteiger partial charge < -0.3 is 5.21 Å². The minimum absolute atomic E-state index is 0.198. The van der Waals surface area contributed by atoms with Crippen LogP contribution in [0.3, 0.4) is 0 Å². The predicted octanol–water partition coefficient (Wildman–Crippen LogP) is 1.09. The molecule has 0 aromatic carbocycles. The lowest BCUT2D eigenvalue weighted by atomic mass is 10.3. The third kappa shape index (κ3) is 3.86. The van der Waals surface area contributed by atoms with E-state index >= 15 is 0 Å². The molecule has 9 heavy (non-hydrogen) atoms. The van der Waals surface area contributed by atoms with Crippen LogP contribution in [0.2, 0.25) is 0 Å². The van der Waals surface area contributed by atoms with Crippen LogP contribution in [-0.2, 0) is 0 Å². The molecule has 0 amide bonds.